The zero-order chi connectivity index (χ0) is 15.4. The Labute approximate surface area is 138 Å². The van der Waals surface area contributed by atoms with Crippen LogP contribution in [0, 0.1) is 11.3 Å². The molecular weight excluding hydrogens is 290 g/mol. The number of rotatable bonds is 4. The smallest absolute Gasteiger partial charge is 0.193 e. The molecule has 1 saturated heterocycles. The zero-order valence-corrected chi connectivity index (χ0v) is 14.8. The number of hydrogen-bond donors (Lipinski definition) is 1. The quantitative estimate of drug-likeness (QED) is 0.676. The third-order valence-electron chi connectivity index (χ3n) is 5.35. The van der Waals surface area contributed by atoms with Gasteiger partial charge in [-0.1, -0.05) is 25.8 Å². The molecule has 1 saturated carbocycles. The van der Waals surface area contributed by atoms with Crippen molar-refractivity contribution in [1.29, 1.82) is 0 Å². The summed E-state index contributed by atoms with van der Waals surface area (Å²) in [7, 11) is 1.92. The van der Waals surface area contributed by atoms with E-state index in [1.165, 1.54) is 50.1 Å². The minimum atomic E-state index is 0.611. The highest BCUT2D eigenvalue weighted by Gasteiger charge is 2.41. The van der Waals surface area contributed by atoms with Gasteiger partial charge in [0.05, 0.1) is 0 Å². The topological polar surface area (TPSA) is 27.6 Å². The van der Waals surface area contributed by atoms with Crippen molar-refractivity contribution in [2.45, 2.75) is 45.4 Å². The molecule has 3 nitrogen and oxygen atoms in total. The molecule has 122 valence electrons. The van der Waals surface area contributed by atoms with E-state index in [9.17, 15) is 0 Å². The number of likely N-dealkylation sites (tertiary alicyclic amines) is 1. The summed E-state index contributed by atoms with van der Waals surface area (Å²) in [6.45, 7) is 5.72. The number of nitrogens with zero attached hydrogens (tertiary/aromatic N) is 2. The highest BCUT2D eigenvalue weighted by Crippen LogP contribution is 2.45. The number of aliphatic imine (C=N–C) groups is 1. The van der Waals surface area contributed by atoms with Gasteiger partial charge in [-0.25, -0.2) is 0 Å². The first-order valence-electron chi connectivity index (χ1n) is 8.69. The monoisotopic (exact) mass is 319 g/mol. The molecule has 2 fully saturated rings. The summed E-state index contributed by atoms with van der Waals surface area (Å²) in [6, 6.07) is 4.38. The summed E-state index contributed by atoms with van der Waals surface area (Å²) >= 11 is 1.86. The van der Waals surface area contributed by atoms with Crippen LogP contribution in [0.15, 0.2) is 22.5 Å². The van der Waals surface area contributed by atoms with Gasteiger partial charge < -0.3 is 10.2 Å². The highest BCUT2D eigenvalue weighted by atomic mass is 32.1. The summed E-state index contributed by atoms with van der Waals surface area (Å²) in [6.07, 6.45) is 8.23. The maximum Gasteiger partial charge on any atom is 0.193 e. The molecule has 2 aliphatic rings. The maximum absolute atomic E-state index is 4.53. The molecule has 1 aromatic rings. The second kappa shape index (κ2) is 7.03. The van der Waals surface area contributed by atoms with Crippen LogP contribution in [-0.2, 0) is 6.42 Å². The van der Waals surface area contributed by atoms with E-state index >= 15 is 0 Å². The zero-order valence-electron chi connectivity index (χ0n) is 14.0. The van der Waals surface area contributed by atoms with Gasteiger partial charge in [-0.15, -0.1) is 11.3 Å². The lowest BCUT2D eigenvalue weighted by Gasteiger charge is -2.26. The molecular formula is C18H29N3S. The molecule has 1 N–H and O–H groups in total. The fourth-order valence-electron chi connectivity index (χ4n) is 4.09. The van der Waals surface area contributed by atoms with Crippen LogP contribution in [0.2, 0.25) is 0 Å². The second-order valence-electron chi connectivity index (χ2n) is 7.20. The molecule has 2 heterocycles. The van der Waals surface area contributed by atoms with Crippen LogP contribution in [-0.4, -0.2) is 37.5 Å². The van der Waals surface area contributed by atoms with E-state index in [4.69, 9.17) is 0 Å². The van der Waals surface area contributed by atoms with Gasteiger partial charge in [0.1, 0.15) is 0 Å². The molecule has 1 unspecified atom stereocenters. The fourth-order valence-corrected chi connectivity index (χ4v) is 4.96. The standard InChI is InChI=1S/C18H29N3S/c1-15(12-16-6-5-11-22-16)13-20-17(19-2)21-10-9-18(14-21)7-3-4-8-18/h5-6,11,15H,3-4,7-10,12-14H2,1-2H3,(H,19,20). The average Bonchev–Trinajstić information content (AvgIpc) is 3.24. The van der Waals surface area contributed by atoms with Crippen molar-refractivity contribution in [2.24, 2.45) is 16.3 Å². The molecule has 0 bridgehead atoms. The molecule has 1 spiro atoms. The van der Waals surface area contributed by atoms with Crippen LogP contribution < -0.4 is 5.32 Å². The molecule has 0 amide bonds. The SMILES string of the molecule is CN=C(NCC(C)Cc1cccs1)N1CCC2(CCCC2)C1. The number of thiophene rings is 1. The van der Waals surface area contributed by atoms with Gasteiger partial charge >= 0.3 is 0 Å². The predicted octanol–water partition coefficient (Wildman–Crippen LogP) is 3.77. The van der Waals surface area contributed by atoms with E-state index in [1.54, 1.807) is 0 Å². The van der Waals surface area contributed by atoms with Crippen molar-refractivity contribution in [3.8, 4) is 0 Å². The molecule has 0 radical (unpaired) electrons. The highest BCUT2D eigenvalue weighted by molar-refractivity contribution is 7.09. The van der Waals surface area contributed by atoms with Gasteiger partial charge in [0.25, 0.3) is 0 Å². The lowest BCUT2D eigenvalue weighted by atomic mass is 9.86. The van der Waals surface area contributed by atoms with Gasteiger partial charge in [-0.05, 0) is 48.5 Å². The fraction of sp³-hybridized carbons (Fsp3) is 0.722. The Morgan fingerprint density at radius 3 is 2.91 bits per heavy atom. The summed E-state index contributed by atoms with van der Waals surface area (Å²) in [5, 5.41) is 5.78. The van der Waals surface area contributed by atoms with Gasteiger partial charge in [-0.3, -0.25) is 4.99 Å². The summed E-state index contributed by atoms with van der Waals surface area (Å²) in [5.74, 6) is 1.75. The first-order valence-corrected chi connectivity index (χ1v) is 9.57. The normalized spacial score (nSPS) is 22.5. The maximum atomic E-state index is 4.53. The lowest BCUT2D eigenvalue weighted by Crippen LogP contribution is -2.42. The Morgan fingerprint density at radius 1 is 1.41 bits per heavy atom. The number of nitrogens with one attached hydrogen (secondary N) is 1. The van der Waals surface area contributed by atoms with E-state index in [0.29, 0.717) is 11.3 Å². The largest absolute Gasteiger partial charge is 0.356 e. The van der Waals surface area contributed by atoms with E-state index in [-0.39, 0.29) is 0 Å². The number of guanidine groups is 1. The van der Waals surface area contributed by atoms with Gasteiger partial charge in [0.15, 0.2) is 5.96 Å². The predicted molar refractivity (Wildman–Crippen MR) is 95.6 cm³/mol. The summed E-state index contributed by atoms with van der Waals surface area (Å²) < 4.78 is 0. The number of hydrogen-bond acceptors (Lipinski definition) is 2. The van der Waals surface area contributed by atoms with E-state index in [2.05, 4.69) is 39.6 Å². The summed E-state index contributed by atoms with van der Waals surface area (Å²) in [5.41, 5.74) is 0.611. The third kappa shape index (κ3) is 3.65. The van der Waals surface area contributed by atoms with Crippen molar-refractivity contribution in [3.05, 3.63) is 22.4 Å². The second-order valence-corrected chi connectivity index (χ2v) is 8.23. The Balaban J connectivity index is 1.48. The van der Waals surface area contributed by atoms with Gasteiger partial charge in [0.2, 0.25) is 0 Å². The van der Waals surface area contributed by atoms with Crippen LogP contribution in [0.1, 0.15) is 43.9 Å². The summed E-state index contributed by atoms with van der Waals surface area (Å²) in [4.78, 5) is 8.50. The molecule has 1 aromatic heterocycles. The van der Waals surface area contributed by atoms with Crippen molar-refractivity contribution >= 4 is 17.3 Å². The molecule has 1 atom stereocenters. The minimum Gasteiger partial charge on any atom is -0.356 e. The van der Waals surface area contributed by atoms with E-state index in [1.807, 2.05) is 18.4 Å². The van der Waals surface area contributed by atoms with Crippen LogP contribution >= 0.6 is 11.3 Å². The molecule has 4 heteroatoms. The van der Waals surface area contributed by atoms with Gasteiger partial charge in [0, 0.05) is 31.6 Å². The lowest BCUT2D eigenvalue weighted by molar-refractivity contribution is 0.309. The van der Waals surface area contributed by atoms with E-state index < -0.39 is 0 Å². The van der Waals surface area contributed by atoms with E-state index in [0.717, 1.165) is 18.9 Å². The van der Waals surface area contributed by atoms with Crippen molar-refractivity contribution < 1.29 is 0 Å². The van der Waals surface area contributed by atoms with Crippen molar-refractivity contribution in [3.63, 3.8) is 0 Å². The molecule has 1 aliphatic carbocycles. The van der Waals surface area contributed by atoms with Crippen molar-refractivity contribution in [1.82, 2.24) is 10.2 Å². The Kier molecular flexibility index (Phi) is 5.07. The Bertz CT molecular complexity index is 488. The molecule has 1 aliphatic heterocycles. The van der Waals surface area contributed by atoms with Crippen LogP contribution in [0.5, 0.6) is 0 Å². The minimum absolute atomic E-state index is 0.611. The third-order valence-corrected chi connectivity index (χ3v) is 6.25. The van der Waals surface area contributed by atoms with Crippen LogP contribution in [0.25, 0.3) is 0 Å². The molecule has 0 aromatic carbocycles. The molecule has 3 rings (SSSR count). The van der Waals surface area contributed by atoms with Crippen LogP contribution in [0.3, 0.4) is 0 Å². The Morgan fingerprint density at radius 2 is 2.23 bits per heavy atom. The first kappa shape index (κ1) is 15.9. The van der Waals surface area contributed by atoms with Crippen LogP contribution in [0.4, 0.5) is 0 Å². The molecule has 22 heavy (non-hydrogen) atoms. The first-order chi connectivity index (χ1) is 10.7. The Hall–Kier alpha value is -1.03. The average molecular weight is 320 g/mol. The van der Waals surface area contributed by atoms with Crippen molar-refractivity contribution in [2.75, 3.05) is 26.7 Å². The van der Waals surface area contributed by atoms with Gasteiger partial charge in [-0.2, -0.15) is 0 Å².